The van der Waals surface area contributed by atoms with E-state index in [2.05, 4.69) is 51.5 Å². The maximum absolute atomic E-state index is 13.2. The van der Waals surface area contributed by atoms with Crippen molar-refractivity contribution in [1.82, 2.24) is 25.1 Å². The maximum atomic E-state index is 13.2. The monoisotopic (exact) mass is 523 g/mol. The molecule has 1 saturated heterocycles. The normalized spacial score (nSPS) is 14.9. The van der Waals surface area contributed by atoms with Gasteiger partial charge in [-0.15, -0.1) is 11.3 Å². The summed E-state index contributed by atoms with van der Waals surface area (Å²) in [6.07, 6.45) is 6.71. The molecule has 1 unspecified atom stereocenters. The molecular formula is C29H41N5O2S. The van der Waals surface area contributed by atoms with Crippen molar-refractivity contribution < 1.29 is 9.59 Å². The molecule has 2 amide bonds. The second kappa shape index (κ2) is 13.2. The number of rotatable bonds is 13. The van der Waals surface area contributed by atoms with Crippen LogP contribution in [0.1, 0.15) is 86.4 Å². The zero-order chi connectivity index (χ0) is 26.2. The molecule has 7 nitrogen and oxygen atoms in total. The van der Waals surface area contributed by atoms with E-state index in [1.54, 1.807) is 11.3 Å². The van der Waals surface area contributed by atoms with E-state index < -0.39 is 6.04 Å². The van der Waals surface area contributed by atoms with E-state index in [4.69, 9.17) is 4.98 Å². The lowest BCUT2D eigenvalue weighted by molar-refractivity contribution is -0.123. The van der Waals surface area contributed by atoms with Crippen LogP contribution >= 0.6 is 11.3 Å². The lowest BCUT2D eigenvalue weighted by Gasteiger charge is -2.20. The van der Waals surface area contributed by atoms with Crippen LogP contribution in [0.4, 0.5) is 0 Å². The van der Waals surface area contributed by atoms with Crippen LogP contribution in [-0.4, -0.2) is 58.5 Å². The third-order valence-corrected chi connectivity index (χ3v) is 8.25. The number of imidazole rings is 1. The Morgan fingerprint density at radius 3 is 2.57 bits per heavy atom. The highest BCUT2D eigenvalue weighted by atomic mass is 32.1. The molecular weight excluding hydrogens is 482 g/mol. The van der Waals surface area contributed by atoms with Crippen molar-refractivity contribution in [2.45, 2.75) is 77.8 Å². The lowest BCUT2D eigenvalue weighted by Crippen LogP contribution is -2.48. The number of nitrogens with zero attached hydrogens (tertiary/aromatic N) is 3. The summed E-state index contributed by atoms with van der Waals surface area (Å²) in [6, 6.07) is 9.78. The second-order valence-electron chi connectivity index (χ2n) is 9.98. The van der Waals surface area contributed by atoms with Crippen molar-refractivity contribution in [3.05, 3.63) is 52.0 Å². The van der Waals surface area contributed by atoms with Gasteiger partial charge in [0.15, 0.2) is 0 Å². The molecule has 1 aliphatic rings. The van der Waals surface area contributed by atoms with Crippen molar-refractivity contribution in [2.24, 2.45) is 0 Å². The van der Waals surface area contributed by atoms with Gasteiger partial charge in [-0.25, -0.2) is 4.98 Å². The fraction of sp³-hybridized carbons (Fsp3) is 0.552. The highest BCUT2D eigenvalue weighted by molar-refractivity contribution is 7.09. The van der Waals surface area contributed by atoms with Gasteiger partial charge in [0.2, 0.25) is 5.91 Å². The van der Waals surface area contributed by atoms with Gasteiger partial charge in [0.25, 0.3) is 5.91 Å². The van der Waals surface area contributed by atoms with Gasteiger partial charge in [-0.2, -0.15) is 0 Å². The van der Waals surface area contributed by atoms with Gasteiger partial charge in [-0.1, -0.05) is 33.3 Å². The zero-order valence-corrected chi connectivity index (χ0v) is 23.3. The molecule has 1 aromatic carbocycles. The molecule has 1 aliphatic heterocycles. The van der Waals surface area contributed by atoms with Gasteiger partial charge in [0, 0.05) is 36.0 Å². The fourth-order valence-electron chi connectivity index (χ4n) is 5.31. The first-order valence-electron chi connectivity index (χ1n) is 13.9. The van der Waals surface area contributed by atoms with Crippen LogP contribution in [-0.2, 0) is 11.2 Å². The minimum atomic E-state index is -0.539. The summed E-state index contributed by atoms with van der Waals surface area (Å²) in [4.78, 5) is 34.7. The van der Waals surface area contributed by atoms with E-state index in [0.717, 1.165) is 62.2 Å². The minimum Gasteiger partial charge on any atom is -0.353 e. The molecule has 1 atom stereocenters. The van der Waals surface area contributed by atoms with Crippen LogP contribution in [0.15, 0.2) is 35.7 Å². The Hall–Kier alpha value is -2.71. The Balaban J connectivity index is 1.49. The summed E-state index contributed by atoms with van der Waals surface area (Å²) in [5, 5.41) is 8.10. The molecule has 0 saturated carbocycles. The van der Waals surface area contributed by atoms with Gasteiger partial charge in [0.1, 0.15) is 11.9 Å². The SMILES string of the molecule is CCCC(NC(=O)c1ccc2c(c1)nc(Cc1cccs1)n2C(CC)CC)C(=O)NCCN1CCCC1. The Labute approximate surface area is 224 Å². The molecule has 8 heteroatoms. The number of aromatic nitrogens is 2. The van der Waals surface area contributed by atoms with Crippen LogP contribution in [0, 0.1) is 0 Å². The molecule has 1 fully saturated rings. The van der Waals surface area contributed by atoms with Gasteiger partial charge in [-0.3, -0.25) is 9.59 Å². The predicted molar refractivity (Wildman–Crippen MR) is 151 cm³/mol. The Kier molecular flexibility index (Phi) is 9.75. The lowest BCUT2D eigenvalue weighted by atomic mass is 10.1. The van der Waals surface area contributed by atoms with Gasteiger partial charge in [-0.05, 0) is 74.8 Å². The number of benzene rings is 1. The summed E-state index contributed by atoms with van der Waals surface area (Å²) >= 11 is 1.74. The molecule has 3 heterocycles. The highest BCUT2D eigenvalue weighted by Crippen LogP contribution is 2.28. The number of hydrogen-bond acceptors (Lipinski definition) is 5. The number of amides is 2. The van der Waals surface area contributed by atoms with E-state index >= 15 is 0 Å². The fourth-order valence-corrected chi connectivity index (χ4v) is 6.01. The minimum absolute atomic E-state index is 0.105. The number of fused-ring (bicyclic) bond motifs is 1. The van der Waals surface area contributed by atoms with Crippen LogP contribution in [0.25, 0.3) is 11.0 Å². The predicted octanol–water partition coefficient (Wildman–Crippen LogP) is 5.16. The number of nitrogens with one attached hydrogen (secondary N) is 2. The molecule has 0 radical (unpaired) electrons. The number of hydrogen-bond donors (Lipinski definition) is 2. The Morgan fingerprint density at radius 2 is 1.89 bits per heavy atom. The first-order valence-corrected chi connectivity index (χ1v) is 14.8. The summed E-state index contributed by atoms with van der Waals surface area (Å²) in [6.45, 7) is 10.1. The van der Waals surface area contributed by atoms with Crippen molar-refractivity contribution in [1.29, 1.82) is 0 Å². The molecule has 2 aromatic heterocycles. The summed E-state index contributed by atoms with van der Waals surface area (Å²) in [5.74, 6) is 0.698. The molecule has 0 bridgehead atoms. The van der Waals surface area contributed by atoms with Crippen LogP contribution < -0.4 is 10.6 Å². The second-order valence-corrected chi connectivity index (χ2v) is 11.0. The zero-order valence-electron chi connectivity index (χ0n) is 22.5. The number of carbonyl (C=O) groups is 2. The average Bonchev–Trinajstić information content (AvgIpc) is 3.67. The first kappa shape index (κ1) is 27.3. The van der Waals surface area contributed by atoms with E-state index in [1.807, 2.05) is 25.1 Å². The van der Waals surface area contributed by atoms with E-state index in [1.165, 1.54) is 17.7 Å². The summed E-state index contributed by atoms with van der Waals surface area (Å²) in [5.41, 5.74) is 2.42. The van der Waals surface area contributed by atoms with Crippen LogP contribution in [0.2, 0.25) is 0 Å². The van der Waals surface area contributed by atoms with Crippen molar-refractivity contribution in [2.75, 3.05) is 26.2 Å². The highest BCUT2D eigenvalue weighted by Gasteiger charge is 2.23. The van der Waals surface area contributed by atoms with Crippen molar-refractivity contribution >= 4 is 34.2 Å². The van der Waals surface area contributed by atoms with E-state index in [9.17, 15) is 9.59 Å². The number of carbonyl (C=O) groups excluding carboxylic acids is 2. The van der Waals surface area contributed by atoms with Gasteiger partial charge < -0.3 is 20.1 Å². The van der Waals surface area contributed by atoms with Crippen molar-refractivity contribution in [3.8, 4) is 0 Å². The molecule has 0 aliphatic carbocycles. The molecule has 0 spiro atoms. The molecule has 200 valence electrons. The maximum Gasteiger partial charge on any atom is 0.252 e. The van der Waals surface area contributed by atoms with Gasteiger partial charge >= 0.3 is 0 Å². The molecule has 4 rings (SSSR count). The van der Waals surface area contributed by atoms with Crippen molar-refractivity contribution in [3.63, 3.8) is 0 Å². The largest absolute Gasteiger partial charge is 0.353 e. The topological polar surface area (TPSA) is 79.3 Å². The average molecular weight is 524 g/mol. The Bertz CT molecular complexity index is 1160. The van der Waals surface area contributed by atoms with Gasteiger partial charge in [0.05, 0.1) is 11.0 Å². The summed E-state index contributed by atoms with van der Waals surface area (Å²) in [7, 11) is 0. The van der Waals surface area contributed by atoms with Crippen LogP contribution in [0.3, 0.4) is 0 Å². The third-order valence-electron chi connectivity index (χ3n) is 7.37. The third kappa shape index (κ3) is 6.79. The quantitative estimate of drug-likeness (QED) is 0.324. The standard InChI is InChI=1S/C29H41N5O2S/c1-4-10-24(29(36)30-14-17-33-15-7-8-16-33)32-28(35)21-12-13-26-25(19-21)31-27(20-23-11-9-18-37-23)34(26)22(5-2)6-3/h9,11-13,18-19,22,24H,4-8,10,14-17,20H2,1-3H3,(H,30,36)(H,32,35). The number of likely N-dealkylation sites (tertiary alicyclic amines) is 1. The van der Waals surface area contributed by atoms with E-state index in [-0.39, 0.29) is 11.8 Å². The Morgan fingerprint density at radius 1 is 1.11 bits per heavy atom. The number of thiophene rings is 1. The van der Waals surface area contributed by atoms with E-state index in [0.29, 0.717) is 24.6 Å². The first-order chi connectivity index (χ1) is 18.0. The van der Waals surface area contributed by atoms with Crippen LogP contribution in [0.5, 0.6) is 0 Å². The molecule has 3 aromatic rings. The molecule has 37 heavy (non-hydrogen) atoms. The molecule has 2 N–H and O–H groups in total. The summed E-state index contributed by atoms with van der Waals surface area (Å²) < 4.78 is 2.35. The smallest absolute Gasteiger partial charge is 0.252 e.